The molecule has 2 aromatic rings. The van der Waals surface area contributed by atoms with Gasteiger partial charge in [0.25, 0.3) is 11.5 Å². The Morgan fingerprint density at radius 1 is 1.27 bits per heavy atom. The summed E-state index contributed by atoms with van der Waals surface area (Å²) >= 11 is 5.17. The van der Waals surface area contributed by atoms with E-state index < -0.39 is 0 Å². The van der Waals surface area contributed by atoms with Crippen molar-refractivity contribution in [3.8, 4) is 0 Å². The highest BCUT2D eigenvalue weighted by molar-refractivity contribution is 7.71. The lowest BCUT2D eigenvalue weighted by Crippen LogP contribution is -2.45. The molecule has 8 heteroatoms. The number of H-pyrrole nitrogens is 1. The zero-order valence-corrected chi connectivity index (χ0v) is 18.5. The Balaban J connectivity index is 1.67. The number of piperidine rings is 1. The topological polar surface area (TPSA) is 87.2 Å². The van der Waals surface area contributed by atoms with Gasteiger partial charge in [0.15, 0.2) is 4.77 Å². The maximum absolute atomic E-state index is 13.1. The molecule has 1 aromatic carbocycles. The maximum Gasteiger partial charge on any atom is 0.261 e. The molecule has 1 fully saturated rings. The first-order valence-electron chi connectivity index (χ1n) is 10.7. The highest BCUT2D eigenvalue weighted by Gasteiger charge is 2.29. The van der Waals surface area contributed by atoms with Crippen LogP contribution < -0.4 is 10.9 Å². The number of rotatable bonds is 7. The fraction of sp³-hybridized carbons (Fsp3) is 0.545. The molecule has 1 aliphatic heterocycles. The molecule has 3 rings (SSSR count). The number of nitrogens with one attached hydrogen (secondary N) is 2. The third kappa shape index (κ3) is 4.98. The van der Waals surface area contributed by atoms with Gasteiger partial charge in [-0.05, 0) is 49.7 Å². The Morgan fingerprint density at radius 2 is 2.07 bits per heavy atom. The van der Waals surface area contributed by atoms with E-state index in [4.69, 9.17) is 12.2 Å². The highest BCUT2D eigenvalue weighted by Crippen LogP contribution is 2.20. The van der Waals surface area contributed by atoms with Crippen LogP contribution in [-0.4, -0.2) is 45.9 Å². The van der Waals surface area contributed by atoms with E-state index in [1.807, 2.05) is 0 Å². The molecule has 1 unspecified atom stereocenters. The number of carbonyl (C=O) groups excluding carboxylic acids is 2. The predicted molar refractivity (Wildman–Crippen MR) is 120 cm³/mol. The predicted octanol–water partition coefficient (Wildman–Crippen LogP) is 3.14. The van der Waals surface area contributed by atoms with Crippen molar-refractivity contribution in [3.05, 3.63) is 38.9 Å². The molecule has 2 N–H and O–H groups in total. The van der Waals surface area contributed by atoms with Crippen LogP contribution in [0.5, 0.6) is 0 Å². The molecule has 0 radical (unpaired) electrons. The Kier molecular flexibility index (Phi) is 7.42. The van der Waals surface area contributed by atoms with Gasteiger partial charge in [0.1, 0.15) is 0 Å². The van der Waals surface area contributed by atoms with Crippen molar-refractivity contribution in [1.82, 2.24) is 19.8 Å². The molecule has 0 saturated carbocycles. The molecule has 1 atom stereocenters. The second-order valence-corrected chi connectivity index (χ2v) is 8.38. The van der Waals surface area contributed by atoms with Crippen molar-refractivity contribution in [2.24, 2.45) is 13.0 Å². The van der Waals surface area contributed by atoms with E-state index in [1.165, 1.54) is 17.4 Å². The van der Waals surface area contributed by atoms with Gasteiger partial charge in [-0.1, -0.05) is 26.2 Å². The summed E-state index contributed by atoms with van der Waals surface area (Å²) in [5, 5.41) is 3.51. The van der Waals surface area contributed by atoms with Crippen molar-refractivity contribution < 1.29 is 9.59 Å². The molecular weight excluding hydrogens is 400 g/mol. The van der Waals surface area contributed by atoms with Gasteiger partial charge < -0.3 is 15.2 Å². The molecular formula is C22H30N4O3S. The lowest BCUT2D eigenvalue weighted by Gasteiger charge is -2.32. The van der Waals surface area contributed by atoms with E-state index in [2.05, 4.69) is 17.2 Å². The summed E-state index contributed by atoms with van der Waals surface area (Å²) in [4.78, 5) is 42.6. The average molecular weight is 431 g/mol. The van der Waals surface area contributed by atoms with Crippen molar-refractivity contribution in [2.75, 3.05) is 19.6 Å². The zero-order valence-electron chi connectivity index (χ0n) is 17.7. The van der Waals surface area contributed by atoms with Gasteiger partial charge in [0.05, 0.1) is 16.8 Å². The Hall–Kier alpha value is -2.48. The molecule has 7 nitrogen and oxygen atoms in total. The number of carbonyl (C=O) groups is 2. The lowest BCUT2D eigenvalue weighted by molar-refractivity contribution is -0.126. The average Bonchev–Trinajstić information content (AvgIpc) is 2.76. The van der Waals surface area contributed by atoms with Crippen molar-refractivity contribution in [3.63, 3.8) is 0 Å². The van der Waals surface area contributed by atoms with E-state index >= 15 is 0 Å². The van der Waals surface area contributed by atoms with Crippen LogP contribution >= 0.6 is 12.2 Å². The van der Waals surface area contributed by atoms with Crippen LogP contribution in [0.15, 0.2) is 23.0 Å². The molecule has 2 heterocycles. The molecule has 30 heavy (non-hydrogen) atoms. The minimum Gasteiger partial charge on any atom is -0.356 e. The van der Waals surface area contributed by atoms with Crippen LogP contribution in [0.3, 0.4) is 0 Å². The highest BCUT2D eigenvalue weighted by atomic mass is 32.1. The Labute approximate surface area is 181 Å². The minimum absolute atomic E-state index is 0.0371. The second kappa shape index (κ2) is 10.0. The quantitative estimate of drug-likeness (QED) is 0.522. The fourth-order valence-corrected chi connectivity index (χ4v) is 4.10. The summed E-state index contributed by atoms with van der Waals surface area (Å²) in [6.45, 7) is 3.91. The van der Waals surface area contributed by atoms with Gasteiger partial charge in [-0.2, -0.15) is 0 Å². The van der Waals surface area contributed by atoms with Gasteiger partial charge in [-0.15, -0.1) is 0 Å². The van der Waals surface area contributed by atoms with E-state index in [-0.39, 0.29) is 23.3 Å². The van der Waals surface area contributed by atoms with E-state index in [0.717, 1.165) is 25.7 Å². The summed E-state index contributed by atoms with van der Waals surface area (Å²) in [7, 11) is 1.61. The molecule has 2 amide bonds. The second-order valence-electron chi connectivity index (χ2n) is 8.00. The minimum atomic E-state index is -0.193. The molecule has 0 spiro atoms. The molecule has 0 aliphatic carbocycles. The van der Waals surface area contributed by atoms with Crippen LogP contribution in [-0.2, 0) is 11.8 Å². The van der Waals surface area contributed by atoms with Crippen LogP contribution in [0.25, 0.3) is 10.9 Å². The first-order valence-corrected chi connectivity index (χ1v) is 11.1. The summed E-state index contributed by atoms with van der Waals surface area (Å²) in [5.74, 6) is -0.264. The van der Waals surface area contributed by atoms with Crippen molar-refractivity contribution in [2.45, 2.75) is 45.4 Å². The van der Waals surface area contributed by atoms with Crippen LogP contribution in [0.1, 0.15) is 55.8 Å². The van der Waals surface area contributed by atoms with Gasteiger partial charge >= 0.3 is 0 Å². The number of likely N-dealkylation sites (tertiary alicyclic amines) is 1. The summed E-state index contributed by atoms with van der Waals surface area (Å²) in [6.07, 6.45) is 6.07. The number of benzene rings is 1. The van der Waals surface area contributed by atoms with Crippen LogP contribution in [0, 0.1) is 10.7 Å². The third-order valence-electron chi connectivity index (χ3n) is 5.76. The number of fused-ring (bicyclic) bond motifs is 1. The molecule has 1 aromatic heterocycles. The Morgan fingerprint density at radius 3 is 2.83 bits per heavy atom. The number of aromatic nitrogens is 2. The monoisotopic (exact) mass is 430 g/mol. The maximum atomic E-state index is 13.1. The number of amides is 2. The zero-order chi connectivity index (χ0) is 21.7. The molecule has 0 bridgehead atoms. The van der Waals surface area contributed by atoms with Crippen molar-refractivity contribution >= 4 is 34.9 Å². The van der Waals surface area contributed by atoms with Gasteiger partial charge in [0, 0.05) is 32.2 Å². The number of unbranched alkanes of at least 4 members (excludes halogenated alkanes) is 3. The number of aromatic amines is 1. The standard InChI is InChI=1S/C22H30N4O3S/c1-3-4-5-6-11-23-19(27)16-8-7-12-26(14-16)20(28)15-9-10-17-18(13-15)24-22(30)25(2)21(17)29/h9-10,13,16H,3-8,11-12,14H2,1-2H3,(H,23,27)(H,24,30). The largest absolute Gasteiger partial charge is 0.356 e. The molecule has 1 aliphatic rings. The number of hydrogen-bond acceptors (Lipinski definition) is 4. The van der Waals surface area contributed by atoms with E-state index in [0.29, 0.717) is 40.9 Å². The van der Waals surface area contributed by atoms with Gasteiger partial charge in [-0.3, -0.25) is 19.0 Å². The SMILES string of the molecule is CCCCCCNC(=O)C1CCCN(C(=O)c2ccc3c(=O)n(C)c(=S)[nH]c3c2)C1. The number of hydrogen-bond donors (Lipinski definition) is 2. The number of nitrogens with zero attached hydrogens (tertiary/aromatic N) is 2. The van der Waals surface area contributed by atoms with Crippen LogP contribution in [0.2, 0.25) is 0 Å². The Bertz CT molecular complexity index is 1040. The van der Waals surface area contributed by atoms with Gasteiger partial charge in [-0.25, -0.2) is 0 Å². The van der Waals surface area contributed by atoms with Gasteiger partial charge in [0.2, 0.25) is 5.91 Å². The summed E-state index contributed by atoms with van der Waals surface area (Å²) in [6, 6.07) is 4.99. The summed E-state index contributed by atoms with van der Waals surface area (Å²) in [5.41, 5.74) is 0.843. The fourth-order valence-electron chi connectivity index (χ4n) is 3.91. The smallest absolute Gasteiger partial charge is 0.261 e. The van der Waals surface area contributed by atoms with E-state index in [9.17, 15) is 14.4 Å². The normalized spacial score (nSPS) is 16.6. The van der Waals surface area contributed by atoms with Crippen molar-refractivity contribution in [1.29, 1.82) is 0 Å². The van der Waals surface area contributed by atoms with E-state index in [1.54, 1.807) is 30.1 Å². The molecule has 1 saturated heterocycles. The van der Waals surface area contributed by atoms with Crippen LogP contribution in [0.4, 0.5) is 0 Å². The lowest BCUT2D eigenvalue weighted by atomic mass is 9.96. The first-order chi connectivity index (χ1) is 14.4. The molecule has 162 valence electrons. The first kappa shape index (κ1) is 22.2. The third-order valence-corrected chi connectivity index (χ3v) is 6.13. The summed E-state index contributed by atoms with van der Waals surface area (Å²) < 4.78 is 1.68.